The molecule has 0 heterocycles. The Hall–Kier alpha value is -1.30. The van der Waals surface area contributed by atoms with E-state index in [9.17, 15) is 19.8 Å². The zero-order valence-corrected chi connectivity index (χ0v) is 19.6. The highest BCUT2D eigenvalue weighted by Gasteiger charge is 2.75. The van der Waals surface area contributed by atoms with Gasteiger partial charge in [-0.05, 0) is 68.4 Å². The number of ether oxygens (including phenoxy) is 1. The van der Waals surface area contributed by atoms with Gasteiger partial charge in [-0.3, -0.25) is 9.59 Å². The van der Waals surface area contributed by atoms with Gasteiger partial charge < -0.3 is 14.9 Å². The third-order valence-corrected chi connectivity index (χ3v) is 9.61. The topological polar surface area (TPSA) is 83.8 Å². The maximum absolute atomic E-state index is 13.1. The molecule has 0 aliphatic heterocycles. The van der Waals surface area contributed by atoms with Crippen LogP contribution in [-0.2, 0) is 14.3 Å². The Kier molecular flexibility index (Phi) is 5.43. The fraction of sp³-hybridized carbons (Fsp3) is 0.769. The Morgan fingerprint density at radius 3 is 2.61 bits per heavy atom. The second kappa shape index (κ2) is 7.36. The molecule has 5 heteroatoms. The summed E-state index contributed by atoms with van der Waals surface area (Å²) in [5, 5.41) is 23.2. The molecular weight excluding hydrogens is 392 g/mol. The second-order valence-corrected chi connectivity index (χ2v) is 11.0. The maximum Gasteiger partial charge on any atom is 0.178 e. The predicted molar refractivity (Wildman–Crippen MR) is 118 cm³/mol. The SMILES string of the molecule is CCCCO[C@]1(C(C)=O)CC[C@H]2[C@@H]3CC(C)C4=CC(=O)C=C[C@]4(C)[C@H]3CC(O)(O)[C@@]21C. The highest BCUT2D eigenvalue weighted by molar-refractivity contribution is 6.01. The van der Waals surface area contributed by atoms with Crippen molar-refractivity contribution in [2.24, 2.45) is 34.5 Å². The summed E-state index contributed by atoms with van der Waals surface area (Å²) in [4.78, 5) is 25.2. The molecule has 4 aliphatic carbocycles. The largest absolute Gasteiger partial charge is 0.366 e. The molecule has 0 spiro atoms. The van der Waals surface area contributed by atoms with Crippen LogP contribution in [0, 0.1) is 34.5 Å². The number of carbonyl (C=O) groups excluding carboxylic acids is 2. The van der Waals surface area contributed by atoms with Gasteiger partial charge in [-0.15, -0.1) is 0 Å². The first-order valence-electron chi connectivity index (χ1n) is 12.0. The molecule has 0 aromatic rings. The lowest BCUT2D eigenvalue weighted by Gasteiger charge is -2.63. The van der Waals surface area contributed by atoms with Crippen molar-refractivity contribution in [3.63, 3.8) is 0 Å². The zero-order chi connectivity index (χ0) is 22.8. The summed E-state index contributed by atoms with van der Waals surface area (Å²) in [6.45, 7) is 10.3. The van der Waals surface area contributed by atoms with Crippen LogP contribution < -0.4 is 0 Å². The van der Waals surface area contributed by atoms with Crippen LogP contribution in [-0.4, -0.2) is 39.8 Å². The van der Waals surface area contributed by atoms with Crippen LogP contribution in [0.4, 0.5) is 0 Å². The van der Waals surface area contributed by atoms with E-state index >= 15 is 0 Å². The summed E-state index contributed by atoms with van der Waals surface area (Å²) in [5.41, 5.74) is -1.50. The van der Waals surface area contributed by atoms with Crippen LogP contribution in [0.15, 0.2) is 23.8 Å². The van der Waals surface area contributed by atoms with Gasteiger partial charge >= 0.3 is 0 Å². The van der Waals surface area contributed by atoms with Crippen LogP contribution in [0.2, 0.25) is 0 Å². The van der Waals surface area contributed by atoms with Gasteiger partial charge in [0.2, 0.25) is 0 Å². The number of Topliss-reactive ketones (excluding diaryl/α,β-unsaturated/α-hetero) is 1. The highest BCUT2D eigenvalue weighted by atomic mass is 16.5. The fourth-order valence-electron chi connectivity index (χ4n) is 7.92. The molecule has 0 bridgehead atoms. The van der Waals surface area contributed by atoms with E-state index < -0.39 is 16.8 Å². The summed E-state index contributed by atoms with van der Waals surface area (Å²) >= 11 is 0. The van der Waals surface area contributed by atoms with Gasteiger partial charge in [0.1, 0.15) is 5.60 Å². The number of aliphatic hydroxyl groups is 2. The molecule has 5 nitrogen and oxygen atoms in total. The molecule has 0 amide bonds. The summed E-state index contributed by atoms with van der Waals surface area (Å²) in [6, 6.07) is 0. The minimum atomic E-state index is -2.03. The number of allylic oxidation sites excluding steroid dienone is 4. The average molecular weight is 431 g/mol. The minimum absolute atomic E-state index is 0.00535. The van der Waals surface area contributed by atoms with Gasteiger partial charge in [-0.1, -0.05) is 45.8 Å². The van der Waals surface area contributed by atoms with Gasteiger partial charge in [-0.25, -0.2) is 0 Å². The molecule has 4 rings (SSSR count). The van der Waals surface area contributed by atoms with Crippen LogP contribution in [0.5, 0.6) is 0 Å². The number of carbonyl (C=O) groups is 2. The molecule has 3 fully saturated rings. The van der Waals surface area contributed by atoms with E-state index in [4.69, 9.17) is 4.74 Å². The van der Waals surface area contributed by atoms with E-state index in [0.717, 1.165) is 31.3 Å². The molecular formula is C26H38O5. The zero-order valence-electron chi connectivity index (χ0n) is 19.6. The first-order valence-corrected chi connectivity index (χ1v) is 12.0. The van der Waals surface area contributed by atoms with Gasteiger partial charge in [0, 0.05) is 18.4 Å². The monoisotopic (exact) mass is 430 g/mol. The third-order valence-electron chi connectivity index (χ3n) is 9.61. The quantitative estimate of drug-likeness (QED) is 0.509. The molecule has 0 aromatic carbocycles. The molecule has 2 N–H and O–H groups in total. The number of rotatable bonds is 5. The molecule has 0 aromatic heterocycles. The number of fused-ring (bicyclic) bond motifs is 5. The summed E-state index contributed by atoms with van der Waals surface area (Å²) in [5.74, 6) is -1.66. The minimum Gasteiger partial charge on any atom is -0.366 e. The van der Waals surface area contributed by atoms with Crippen molar-refractivity contribution >= 4 is 11.6 Å². The normalized spacial score (nSPS) is 45.5. The molecule has 172 valence electrons. The number of unbranched alkanes of at least 4 members (excludes halogenated alkanes) is 1. The number of hydrogen-bond acceptors (Lipinski definition) is 5. The first kappa shape index (κ1) is 22.9. The van der Waals surface area contributed by atoms with Crippen molar-refractivity contribution in [1.29, 1.82) is 0 Å². The molecule has 0 radical (unpaired) electrons. The first-order chi connectivity index (χ1) is 14.4. The Labute approximate surface area is 185 Å². The fourth-order valence-corrected chi connectivity index (χ4v) is 7.92. The standard InChI is InChI=1S/C26H38O5/c1-6-7-12-31-25(17(3)27)11-9-20-19-13-16(2)21-14-18(28)8-10-23(21,4)22(19)15-26(29,30)24(20,25)5/h8,10,14,16,19-20,22,29-30H,6-7,9,11-13,15H2,1-5H3/t16?,19-,20-,22-,23-,24-,25-/m0/s1. The van der Waals surface area contributed by atoms with E-state index in [1.807, 2.05) is 13.0 Å². The lowest BCUT2D eigenvalue weighted by atomic mass is 9.44. The highest BCUT2D eigenvalue weighted by Crippen LogP contribution is 2.70. The molecule has 31 heavy (non-hydrogen) atoms. The third kappa shape index (κ3) is 2.92. The lowest BCUT2D eigenvalue weighted by molar-refractivity contribution is -0.331. The van der Waals surface area contributed by atoms with Crippen LogP contribution in [0.3, 0.4) is 0 Å². The van der Waals surface area contributed by atoms with Crippen molar-refractivity contribution in [2.75, 3.05) is 6.61 Å². The van der Waals surface area contributed by atoms with Crippen molar-refractivity contribution in [3.8, 4) is 0 Å². The van der Waals surface area contributed by atoms with E-state index in [2.05, 4.69) is 20.8 Å². The maximum atomic E-state index is 13.1. The van der Waals surface area contributed by atoms with Crippen LogP contribution in [0.1, 0.15) is 73.1 Å². The van der Waals surface area contributed by atoms with Crippen molar-refractivity contribution in [1.82, 2.24) is 0 Å². The molecule has 4 aliphatic rings. The van der Waals surface area contributed by atoms with Crippen LogP contribution in [0.25, 0.3) is 0 Å². The Balaban J connectivity index is 1.79. The Bertz CT molecular complexity index is 841. The molecule has 0 saturated heterocycles. The predicted octanol–water partition coefficient (Wildman–Crippen LogP) is 3.98. The van der Waals surface area contributed by atoms with Gasteiger partial charge in [0.15, 0.2) is 17.4 Å². The van der Waals surface area contributed by atoms with E-state index in [1.54, 1.807) is 19.1 Å². The van der Waals surface area contributed by atoms with E-state index in [0.29, 0.717) is 13.0 Å². The van der Waals surface area contributed by atoms with Gasteiger partial charge in [0.05, 0.1) is 5.41 Å². The van der Waals surface area contributed by atoms with Gasteiger partial charge in [0.25, 0.3) is 0 Å². The van der Waals surface area contributed by atoms with Gasteiger partial charge in [-0.2, -0.15) is 0 Å². The van der Waals surface area contributed by atoms with Crippen molar-refractivity contribution in [2.45, 2.75) is 84.5 Å². The Morgan fingerprint density at radius 2 is 1.97 bits per heavy atom. The lowest BCUT2D eigenvalue weighted by Crippen LogP contribution is -2.69. The Morgan fingerprint density at radius 1 is 1.26 bits per heavy atom. The van der Waals surface area contributed by atoms with E-state index in [1.165, 1.54) is 0 Å². The summed E-state index contributed by atoms with van der Waals surface area (Å²) in [7, 11) is 0. The number of ketones is 2. The van der Waals surface area contributed by atoms with Crippen molar-refractivity contribution < 1.29 is 24.5 Å². The summed E-state index contributed by atoms with van der Waals surface area (Å²) in [6.07, 6.45) is 9.52. The average Bonchev–Trinajstić information content (AvgIpc) is 3.01. The number of hydrogen-bond donors (Lipinski definition) is 2. The summed E-state index contributed by atoms with van der Waals surface area (Å²) < 4.78 is 6.31. The second-order valence-electron chi connectivity index (χ2n) is 11.0. The smallest absolute Gasteiger partial charge is 0.178 e. The molecule has 1 unspecified atom stereocenters. The molecule has 3 saturated carbocycles. The van der Waals surface area contributed by atoms with Crippen LogP contribution >= 0.6 is 0 Å². The van der Waals surface area contributed by atoms with E-state index in [-0.39, 0.29) is 47.1 Å². The van der Waals surface area contributed by atoms with Crippen molar-refractivity contribution in [3.05, 3.63) is 23.8 Å². The molecule has 7 atom stereocenters.